The molecule has 1 N–H and O–H groups in total. The van der Waals surface area contributed by atoms with Crippen LogP contribution in [-0.2, 0) is 14.6 Å². The van der Waals surface area contributed by atoms with Crippen molar-refractivity contribution in [2.75, 3.05) is 5.32 Å². The average Bonchev–Trinajstić information content (AvgIpc) is 3.78. The Morgan fingerprint density at radius 3 is 2.46 bits per heavy atom. The molecule has 2 saturated carbocycles. The van der Waals surface area contributed by atoms with Crippen LogP contribution in [0.3, 0.4) is 0 Å². The smallest absolute Gasteiger partial charge is 0.410 e. The van der Waals surface area contributed by atoms with Crippen LogP contribution in [0, 0.1) is 12.7 Å². The van der Waals surface area contributed by atoms with Crippen LogP contribution < -0.4 is 10.1 Å². The van der Waals surface area contributed by atoms with E-state index in [1.54, 1.807) is 6.92 Å². The second-order valence-electron chi connectivity index (χ2n) is 11.0. The number of nitrogens with one attached hydrogen (secondary N) is 1. The first kappa shape index (κ1) is 24.4. The molecule has 3 atom stereocenters. The summed E-state index contributed by atoms with van der Waals surface area (Å²) in [7, 11) is -3.47. The molecule has 4 fully saturated rings. The van der Waals surface area contributed by atoms with Gasteiger partial charge in [-0.2, -0.15) is 0 Å². The number of rotatable bonds is 7. The molecule has 0 radical (unpaired) electrons. The molecule has 11 heteroatoms. The highest BCUT2D eigenvalue weighted by Gasteiger charge is 2.49. The van der Waals surface area contributed by atoms with E-state index in [4.69, 9.17) is 9.47 Å². The van der Waals surface area contributed by atoms with Gasteiger partial charge in [-0.15, -0.1) is 0 Å². The minimum Gasteiger partial charge on any atom is -0.474 e. The van der Waals surface area contributed by atoms with E-state index in [1.807, 2.05) is 11.8 Å². The van der Waals surface area contributed by atoms with E-state index in [-0.39, 0.29) is 40.5 Å². The molecule has 6 rings (SSSR count). The number of fused-ring (bicyclic) bond motifs is 2. The van der Waals surface area contributed by atoms with Crippen LogP contribution in [0.1, 0.15) is 63.9 Å². The second-order valence-corrected chi connectivity index (χ2v) is 13.2. The van der Waals surface area contributed by atoms with Crippen molar-refractivity contribution < 1.29 is 27.1 Å². The monoisotopic (exact) mass is 530 g/mol. The van der Waals surface area contributed by atoms with Gasteiger partial charge in [-0.25, -0.2) is 27.6 Å². The van der Waals surface area contributed by atoms with Gasteiger partial charge < -0.3 is 19.7 Å². The minimum atomic E-state index is -3.47. The van der Waals surface area contributed by atoms with E-state index >= 15 is 0 Å². The number of hydrogen-bond donors (Lipinski definition) is 1. The maximum absolute atomic E-state index is 14.8. The van der Waals surface area contributed by atoms with E-state index in [0.717, 1.165) is 31.7 Å². The standard InChI is InChI=1S/C26H31FN4O5S/c1-15-23(30-22-8-7-20(13-21(22)27)37(33,34)19-5-6-19)28-14-29-24(15)35-18-11-16-3-4-17(12-18)31(16)25(32)36-26(2)9-10-26/h7-8,13-14,16-19H,3-6,9-12H2,1-2H3,(H,28,29,30)/t16-,17?,18+/m0/s1. The molecule has 2 aliphatic carbocycles. The number of hydrogen-bond acceptors (Lipinski definition) is 8. The molecule has 198 valence electrons. The number of carbonyl (C=O) groups is 1. The van der Waals surface area contributed by atoms with Gasteiger partial charge in [0.2, 0.25) is 5.88 Å². The number of ether oxygens (including phenoxy) is 2. The number of halogens is 1. The molecule has 37 heavy (non-hydrogen) atoms. The molecule has 2 bridgehead atoms. The fraction of sp³-hybridized carbons (Fsp3) is 0.577. The first-order valence-corrected chi connectivity index (χ1v) is 14.5. The van der Waals surface area contributed by atoms with Gasteiger partial charge in [-0.1, -0.05) is 0 Å². The number of aromatic nitrogens is 2. The Bertz CT molecular complexity index is 1330. The van der Waals surface area contributed by atoms with Crippen LogP contribution >= 0.6 is 0 Å². The average molecular weight is 531 g/mol. The quantitative estimate of drug-likeness (QED) is 0.550. The predicted octanol–water partition coefficient (Wildman–Crippen LogP) is 4.67. The molecule has 2 aliphatic heterocycles. The van der Waals surface area contributed by atoms with E-state index < -0.39 is 20.9 Å². The third-order valence-corrected chi connectivity index (χ3v) is 10.3. The summed E-state index contributed by atoms with van der Waals surface area (Å²) in [6.45, 7) is 3.77. The van der Waals surface area contributed by atoms with Crippen molar-refractivity contribution in [3.05, 3.63) is 35.9 Å². The number of piperidine rings is 1. The molecular formula is C26H31FN4O5S. The Labute approximate surface area is 215 Å². The van der Waals surface area contributed by atoms with Crippen molar-refractivity contribution in [1.29, 1.82) is 0 Å². The topological polar surface area (TPSA) is 111 Å². The lowest BCUT2D eigenvalue weighted by Crippen LogP contribution is -2.50. The predicted molar refractivity (Wildman–Crippen MR) is 133 cm³/mol. The fourth-order valence-electron chi connectivity index (χ4n) is 5.37. The molecule has 2 aromatic rings. The van der Waals surface area contributed by atoms with Crippen LogP contribution in [0.25, 0.3) is 0 Å². The van der Waals surface area contributed by atoms with E-state index in [9.17, 15) is 17.6 Å². The number of amides is 1. The van der Waals surface area contributed by atoms with Crippen LogP contribution in [-0.4, -0.2) is 58.4 Å². The summed E-state index contributed by atoms with van der Waals surface area (Å²) < 4.78 is 51.6. The Kier molecular flexibility index (Phi) is 5.81. The first-order valence-electron chi connectivity index (χ1n) is 12.9. The summed E-state index contributed by atoms with van der Waals surface area (Å²) >= 11 is 0. The Morgan fingerprint density at radius 1 is 1.14 bits per heavy atom. The lowest BCUT2D eigenvalue weighted by atomic mass is 10.0. The second kappa shape index (κ2) is 8.82. The molecule has 0 spiro atoms. The molecule has 9 nitrogen and oxygen atoms in total. The van der Waals surface area contributed by atoms with Crippen molar-refractivity contribution in [1.82, 2.24) is 14.9 Å². The van der Waals surface area contributed by atoms with E-state index in [1.165, 1.54) is 18.5 Å². The third kappa shape index (κ3) is 4.73. The zero-order valence-electron chi connectivity index (χ0n) is 20.9. The van der Waals surface area contributed by atoms with Gasteiger partial charge in [0.1, 0.15) is 29.7 Å². The summed E-state index contributed by atoms with van der Waals surface area (Å²) in [6.07, 6.45) is 7.36. The Balaban J connectivity index is 1.13. The summed E-state index contributed by atoms with van der Waals surface area (Å²) in [6, 6.07) is 4.06. The third-order valence-electron chi connectivity index (χ3n) is 7.99. The summed E-state index contributed by atoms with van der Waals surface area (Å²) in [5.41, 5.74) is 0.445. The van der Waals surface area contributed by atoms with Crippen molar-refractivity contribution in [2.45, 2.75) is 99.1 Å². The molecule has 1 unspecified atom stereocenters. The molecule has 2 saturated heterocycles. The van der Waals surface area contributed by atoms with Crippen LogP contribution in [0.4, 0.5) is 20.7 Å². The molecule has 4 aliphatic rings. The highest BCUT2D eigenvalue weighted by atomic mass is 32.2. The van der Waals surface area contributed by atoms with Crippen molar-refractivity contribution >= 4 is 27.4 Å². The lowest BCUT2D eigenvalue weighted by molar-refractivity contribution is 0.0115. The van der Waals surface area contributed by atoms with Gasteiger partial charge in [-0.05, 0) is 70.6 Å². The minimum absolute atomic E-state index is 0.00225. The van der Waals surface area contributed by atoms with Crippen molar-refractivity contribution in [3.63, 3.8) is 0 Å². The van der Waals surface area contributed by atoms with Gasteiger partial charge in [0, 0.05) is 24.9 Å². The van der Waals surface area contributed by atoms with Gasteiger partial charge in [-0.3, -0.25) is 0 Å². The van der Waals surface area contributed by atoms with Crippen molar-refractivity contribution in [3.8, 4) is 5.88 Å². The normalized spacial score (nSPS) is 26.0. The maximum atomic E-state index is 14.8. The number of anilines is 2. The molecular weight excluding hydrogens is 499 g/mol. The summed E-state index contributed by atoms with van der Waals surface area (Å²) in [5.74, 6) is 0.109. The Hall–Kier alpha value is -2.95. The van der Waals surface area contributed by atoms with Crippen LogP contribution in [0.2, 0.25) is 0 Å². The van der Waals surface area contributed by atoms with Crippen LogP contribution in [0.5, 0.6) is 5.88 Å². The Morgan fingerprint density at radius 2 is 1.84 bits per heavy atom. The van der Waals surface area contributed by atoms with Gasteiger partial charge in [0.15, 0.2) is 9.84 Å². The highest BCUT2D eigenvalue weighted by Crippen LogP contribution is 2.43. The molecule has 1 aromatic carbocycles. The number of nitrogens with zero attached hydrogens (tertiary/aromatic N) is 3. The molecule has 1 aromatic heterocycles. The number of carbonyl (C=O) groups excluding carboxylic acids is 1. The fourth-order valence-corrected chi connectivity index (χ4v) is 7.04. The zero-order valence-corrected chi connectivity index (χ0v) is 21.8. The van der Waals surface area contributed by atoms with E-state index in [0.29, 0.717) is 42.9 Å². The lowest BCUT2D eigenvalue weighted by Gasteiger charge is -2.38. The number of benzene rings is 1. The van der Waals surface area contributed by atoms with Crippen LogP contribution in [0.15, 0.2) is 29.4 Å². The van der Waals surface area contributed by atoms with Gasteiger partial charge >= 0.3 is 6.09 Å². The molecule has 3 heterocycles. The number of sulfone groups is 1. The summed E-state index contributed by atoms with van der Waals surface area (Å²) in [4.78, 5) is 23.2. The van der Waals surface area contributed by atoms with E-state index in [2.05, 4.69) is 15.3 Å². The highest BCUT2D eigenvalue weighted by molar-refractivity contribution is 7.92. The van der Waals surface area contributed by atoms with Gasteiger partial charge in [0.05, 0.1) is 21.4 Å². The van der Waals surface area contributed by atoms with Crippen molar-refractivity contribution in [2.24, 2.45) is 0 Å². The SMILES string of the molecule is Cc1c(Nc2ccc(S(=O)(=O)C3CC3)cc2F)ncnc1O[C@H]1CC2CC[C@@H](C1)N2C(=O)OC1(C)CC1. The molecule has 1 amide bonds. The summed E-state index contributed by atoms with van der Waals surface area (Å²) in [5, 5.41) is 2.55. The van der Waals surface area contributed by atoms with Gasteiger partial charge in [0.25, 0.3) is 0 Å². The zero-order chi connectivity index (χ0) is 25.9. The first-order chi connectivity index (χ1) is 17.6. The maximum Gasteiger partial charge on any atom is 0.410 e. The largest absolute Gasteiger partial charge is 0.474 e.